The smallest absolute Gasteiger partial charge is 0.403 e. The summed E-state index contributed by atoms with van der Waals surface area (Å²) in [4.78, 5) is 34.9. The molecule has 2 unspecified atom stereocenters. The highest BCUT2D eigenvalue weighted by Crippen LogP contribution is 2.48. The Morgan fingerprint density at radius 3 is 2.00 bits per heavy atom. The maximum absolute atomic E-state index is 12.7. The van der Waals surface area contributed by atoms with Gasteiger partial charge in [0.25, 0.3) is 0 Å². The molecular formula is C20H30NO8+. The van der Waals surface area contributed by atoms with Crippen LogP contribution in [0, 0.1) is 0 Å². The number of quaternary nitrogens is 1. The maximum atomic E-state index is 12.7. The molecule has 1 aromatic carbocycles. The van der Waals surface area contributed by atoms with Crippen molar-refractivity contribution < 1.29 is 44.1 Å². The summed E-state index contributed by atoms with van der Waals surface area (Å²) < 4.78 is 5.55. The number of carboxylic acids is 1. The Labute approximate surface area is 169 Å². The minimum atomic E-state index is -2.32. The van der Waals surface area contributed by atoms with Gasteiger partial charge >= 0.3 is 11.9 Å². The van der Waals surface area contributed by atoms with Crippen molar-refractivity contribution in [3.8, 4) is 5.75 Å². The van der Waals surface area contributed by atoms with Gasteiger partial charge < -0.3 is 20.1 Å². The maximum Gasteiger partial charge on any atom is 0.403 e. The van der Waals surface area contributed by atoms with Crippen LogP contribution in [0.2, 0.25) is 0 Å². The number of carbonyl (C=O) groups excluding carboxylic acids is 1. The molecule has 1 aliphatic heterocycles. The van der Waals surface area contributed by atoms with Gasteiger partial charge in [0.05, 0.1) is 10.9 Å². The van der Waals surface area contributed by atoms with E-state index in [9.17, 15) is 19.8 Å². The summed E-state index contributed by atoms with van der Waals surface area (Å²) in [5.41, 5.74) is -1.69. The number of hydrogen-bond acceptors (Lipinski definition) is 7. The van der Waals surface area contributed by atoms with Crippen molar-refractivity contribution in [2.45, 2.75) is 69.9 Å². The number of nitrogens with zero attached hydrogens (tertiary/aromatic N) is 1. The van der Waals surface area contributed by atoms with Crippen LogP contribution in [0.4, 0.5) is 0 Å². The molecule has 9 nitrogen and oxygen atoms in total. The summed E-state index contributed by atoms with van der Waals surface area (Å²) in [6, 6.07) is 8.73. The van der Waals surface area contributed by atoms with Gasteiger partial charge in [-0.3, -0.25) is 4.84 Å². The molecule has 162 valence electrons. The highest BCUT2D eigenvalue weighted by atomic mass is 17.0. The number of aliphatic carboxylic acids is 1. The molecule has 1 fully saturated rings. The zero-order valence-electron chi connectivity index (χ0n) is 17.4. The molecule has 0 bridgehead atoms. The Hall–Kier alpha value is -2.20. The third kappa shape index (κ3) is 4.37. The minimum absolute atomic E-state index is 0.126. The van der Waals surface area contributed by atoms with Crippen molar-refractivity contribution in [2.24, 2.45) is 0 Å². The van der Waals surface area contributed by atoms with E-state index >= 15 is 0 Å². The number of para-hydroxylation sites is 1. The van der Waals surface area contributed by atoms with Crippen LogP contribution in [0.15, 0.2) is 30.3 Å². The van der Waals surface area contributed by atoms with Gasteiger partial charge in [-0.25, -0.2) is 14.4 Å². The molecule has 0 saturated carbocycles. The van der Waals surface area contributed by atoms with Gasteiger partial charge in [-0.1, -0.05) is 18.2 Å². The summed E-state index contributed by atoms with van der Waals surface area (Å²) in [7, 11) is 1.61. The number of benzene rings is 1. The van der Waals surface area contributed by atoms with Crippen LogP contribution in [0.25, 0.3) is 0 Å². The molecule has 1 aromatic rings. The molecule has 0 spiro atoms. The largest absolute Gasteiger partial charge is 0.479 e. The van der Waals surface area contributed by atoms with Crippen LogP contribution in [0.1, 0.15) is 40.5 Å². The molecule has 0 aromatic heterocycles. The number of ether oxygens (including phenoxy) is 1. The van der Waals surface area contributed by atoms with Gasteiger partial charge in [0, 0.05) is 20.0 Å². The fourth-order valence-electron chi connectivity index (χ4n) is 4.00. The SMILES string of the molecule is COC1CC(C)(C)[N+](OC(=O)C(O)C(O)C(=O)O)(Oc2ccccc2)C(C)(C)C1. The Bertz CT molecular complexity index is 715. The van der Waals surface area contributed by atoms with Crippen molar-refractivity contribution in [1.82, 2.24) is 0 Å². The molecular weight excluding hydrogens is 382 g/mol. The standard InChI is InChI=1S/C20H29NO8/c1-19(2)11-14(27-5)12-20(3,4)21(19,28-13-9-7-6-8-10-13)29-18(26)16(23)15(22)17(24)25/h6-10,14-16,22-23H,11-12H2,1-5H3/p+1. The van der Waals surface area contributed by atoms with Gasteiger partial charge in [0.2, 0.25) is 0 Å². The fraction of sp³-hybridized carbons (Fsp3) is 0.600. The molecule has 1 saturated heterocycles. The van der Waals surface area contributed by atoms with Crippen LogP contribution >= 0.6 is 0 Å². The molecule has 0 radical (unpaired) electrons. The van der Waals surface area contributed by atoms with E-state index in [1.807, 2.05) is 33.8 Å². The van der Waals surface area contributed by atoms with E-state index in [4.69, 9.17) is 19.5 Å². The Balaban J connectivity index is 2.51. The number of methoxy groups -OCH3 is 1. The second-order valence-electron chi connectivity index (χ2n) is 8.48. The Kier molecular flexibility index (Phi) is 6.58. The van der Waals surface area contributed by atoms with Crippen molar-refractivity contribution in [3.63, 3.8) is 0 Å². The van der Waals surface area contributed by atoms with Crippen LogP contribution in [0.3, 0.4) is 0 Å². The number of hydrogen-bond donors (Lipinski definition) is 3. The summed E-state index contributed by atoms with van der Waals surface area (Å²) in [5, 5.41) is 28.5. The summed E-state index contributed by atoms with van der Waals surface area (Å²) in [6.45, 7) is 7.32. The van der Waals surface area contributed by atoms with E-state index in [1.54, 1.807) is 31.4 Å². The summed E-state index contributed by atoms with van der Waals surface area (Å²) >= 11 is 0. The first kappa shape index (κ1) is 23.1. The number of aliphatic hydroxyl groups is 2. The van der Waals surface area contributed by atoms with Crippen molar-refractivity contribution >= 4 is 11.9 Å². The molecule has 0 amide bonds. The quantitative estimate of drug-likeness (QED) is 0.575. The third-order valence-corrected chi connectivity index (χ3v) is 5.37. The lowest BCUT2D eigenvalue weighted by Gasteiger charge is -2.55. The predicted molar refractivity (Wildman–Crippen MR) is 101 cm³/mol. The number of carboxylic acid groups (broad SMARTS) is 1. The highest BCUT2D eigenvalue weighted by Gasteiger charge is 2.67. The molecule has 29 heavy (non-hydrogen) atoms. The molecule has 3 N–H and O–H groups in total. The van der Waals surface area contributed by atoms with E-state index < -0.39 is 40.0 Å². The Morgan fingerprint density at radius 2 is 1.55 bits per heavy atom. The first-order chi connectivity index (χ1) is 13.4. The lowest BCUT2D eigenvalue weighted by Crippen LogP contribution is -2.77. The molecule has 9 heteroatoms. The molecule has 2 rings (SSSR count). The normalized spacial score (nSPS) is 27.5. The number of rotatable bonds is 7. The number of piperidine rings is 1. The number of hydroxylamine groups is 4. The average molecular weight is 412 g/mol. The lowest BCUT2D eigenvalue weighted by molar-refractivity contribution is -1.27. The first-order valence-corrected chi connectivity index (χ1v) is 9.36. The monoisotopic (exact) mass is 412 g/mol. The van der Waals surface area contributed by atoms with Gasteiger partial charge in [0.1, 0.15) is 0 Å². The Morgan fingerprint density at radius 1 is 1.03 bits per heavy atom. The number of carbonyl (C=O) groups is 2. The zero-order valence-corrected chi connectivity index (χ0v) is 17.4. The van der Waals surface area contributed by atoms with Crippen LogP contribution in [0.5, 0.6) is 5.75 Å². The predicted octanol–water partition coefficient (Wildman–Crippen LogP) is 1.43. The van der Waals surface area contributed by atoms with Crippen molar-refractivity contribution in [3.05, 3.63) is 30.3 Å². The van der Waals surface area contributed by atoms with Gasteiger partial charge in [-0.15, -0.1) is 0 Å². The third-order valence-electron chi connectivity index (χ3n) is 5.37. The molecule has 1 heterocycles. The second kappa shape index (κ2) is 8.27. The highest BCUT2D eigenvalue weighted by molar-refractivity contribution is 5.83. The summed E-state index contributed by atoms with van der Waals surface area (Å²) in [6.07, 6.45) is -3.79. The van der Waals surface area contributed by atoms with E-state index in [0.29, 0.717) is 18.6 Å². The van der Waals surface area contributed by atoms with Gasteiger partial charge in [-0.2, -0.15) is 0 Å². The molecule has 2 atom stereocenters. The van der Waals surface area contributed by atoms with Crippen molar-refractivity contribution in [2.75, 3.05) is 7.11 Å². The van der Waals surface area contributed by atoms with Crippen LogP contribution in [-0.4, -0.2) is 68.6 Å². The summed E-state index contributed by atoms with van der Waals surface area (Å²) in [5.74, 6) is -2.61. The van der Waals surface area contributed by atoms with Gasteiger partial charge in [0.15, 0.2) is 29.0 Å². The van der Waals surface area contributed by atoms with Crippen LogP contribution in [-0.2, 0) is 19.2 Å². The van der Waals surface area contributed by atoms with E-state index in [-0.39, 0.29) is 6.10 Å². The minimum Gasteiger partial charge on any atom is -0.479 e. The topological polar surface area (TPSA) is 123 Å². The molecule has 1 aliphatic rings. The zero-order chi connectivity index (χ0) is 22.0. The lowest BCUT2D eigenvalue weighted by atomic mass is 9.79. The van der Waals surface area contributed by atoms with E-state index in [2.05, 4.69) is 0 Å². The molecule has 0 aliphatic carbocycles. The van der Waals surface area contributed by atoms with Crippen molar-refractivity contribution in [1.29, 1.82) is 0 Å². The fourth-order valence-corrected chi connectivity index (χ4v) is 4.00. The van der Waals surface area contributed by atoms with E-state index in [1.165, 1.54) is 0 Å². The first-order valence-electron chi connectivity index (χ1n) is 9.36. The van der Waals surface area contributed by atoms with Crippen LogP contribution < -0.4 is 4.84 Å². The number of aliphatic hydroxyl groups excluding tert-OH is 2. The average Bonchev–Trinajstić information content (AvgIpc) is 2.64. The van der Waals surface area contributed by atoms with Gasteiger partial charge in [-0.05, 0) is 39.8 Å². The van der Waals surface area contributed by atoms with E-state index in [0.717, 1.165) is 0 Å². The second-order valence-corrected chi connectivity index (χ2v) is 8.48.